The first-order valence-electron chi connectivity index (χ1n) is 5.76. The Balaban J connectivity index is 2.47. The van der Waals surface area contributed by atoms with E-state index in [4.69, 9.17) is 5.11 Å². The molecule has 0 atom stereocenters. The molecule has 0 fully saturated rings. The molecule has 1 aromatic heterocycles. The summed E-state index contributed by atoms with van der Waals surface area (Å²) in [7, 11) is 1.79. The molecule has 0 aliphatic heterocycles. The molecular weight excluding hydrogens is 278 g/mol. The SMILES string of the molecule is C=C(N=c1sc(CO)cn1C)c1ccccc1[N+](=O)[O-]. The van der Waals surface area contributed by atoms with Crippen molar-refractivity contribution in [1.29, 1.82) is 0 Å². The fraction of sp³-hybridized carbons (Fsp3) is 0.154. The Labute approximate surface area is 119 Å². The quantitative estimate of drug-likeness (QED) is 0.691. The Morgan fingerprint density at radius 1 is 1.55 bits per heavy atom. The van der Waals surface area contributed by atoms with E-state index in [0.717, 1.165) is 4.88 Å². The van der Waals surface area contributed by atoms with Gasteiger partial charge in [-0.1, -0.05) is 30.0 Å². The average Bonchev–Trinajstić information content (AvgIpc) is 2.79. The molecule has 0 spiro atoms. The Morgan fingerprint density at radius 3 is 2.85 bits per heavy atom. The zero-order valence-corrected chi connectivity index (χ0v) is 11.6. The number of nitro benzene ring substituents is 1. The van der Waals surface area contributed by atoms with Crippen molar-refractivity contribution in [2.24, 2.45) is 12.0 Å². The van der Waals surface area contributed by atoms with Gasteiger partial charge < -0.3 is 9.67 Å². The van der Waals surface area contributed by atoms with Crippen LogP contribution in [0.25, 0.3) is 5.70 Å². The van der Waals surface area contributed by atoms with Crippen LogP contribution in [0.5, 0.6) is 0 Å². The van der Waals surface area contributed by atoms with Gasteiger partial charge in [-0.2, -0.15) is 0 Å². The van der Waals surface area contributed by atoms with E-state index in [0.29, 0.717) is 16.1 Å². The molecule has 0 amide bonds. The number of benzene rings is 1. The average molecular weight is 291 g/mol. The number of nitrogens with zero attached hydrogens (tertiary/aromatic N) is 3. The lowest BCUT2D eigenvalue weighted by molar-refractivity contribution is -0.385. The van der Waals surface area contributed by atoms with Crippen molar-refractivity contribution in [2.45, 2.75) is 6.61 Å². The molecule has 2 aromatic rings. The second-order valence-corrected chi connectivity index (χ2v) is 5.18. The standard InChI is InChI=1S/C13H13N3O3S/c1-9(11-5-3-4-6-12(11)16(18)19)14-13-15(2)7-10(8-17)20-13/h3-7,17H,1,8H2,2H3. The molecule has 104 valence electrons. The van der Waals surface area contributed by atoms with Crippen molar-refractivity contribution < 1.29 is 10.0 Å². The predicted molar refractivity (Wildman–Crippen MR) is 76.9 cm³/mol. The van der Waals surface area contributed by atoms with Crippen molar-refractivity contribution >= 4 is 22.7 Å². The molecular formula is C13H13N3O3S. The van der Waals surface area contributed by atoms with Crippen LogP contribution in [0.2, 0.25) is 0 Å². The number of hydrogen-bond acceptors (Lipinski definition) is 5. The number of aliphatic hydroxyl groups is 1. The maximum absolute atomic E-state index is 11.0. The van der Waals surface area contributed by atoms with Gasteiger partial charge in [0.15, 0.2) is 4.80 Å². The number of hydrogen-bond donors (Lipinski definition) is 1. The highest BCUT2D eigenvalue weighted by molar-refractivity contribution is 7.09. The van der Waals surface area contributed by atoms with Crippen molar-refractivity contribution in [3.63, 3.8) is 0 Å². The highest BCUT2D eigenvalue weighted by Crippen LogP contribution is 2.24. The van der Waals surface area contributed by atoms with Crippen LogP contribution >= 0.6 is 11.3 Å². The van der Waals surface area contributed by atoms with E-state index in [1.165, 1.54) is 17.4 Å². The van der Waals surface area contributed by atoms with Crippen molar-refractivity contribution in [1.82, 2.24) is 4.57 Å². The number of aromatic nitrogens is 1. The van der Waals surface area contributed by atoms with Crippen LogP contribution in [-0.4, -0.2) is 14.6 Å². The molecule has 1 N–H and O–H groups in total. The van der Waals surface area contributed by atoms with Gasteiger partial charge in [-0.3, -0.25) is 10.1 Å². The van der Waals surface area contributed by atoms with E-state index < -0.39 is 4.92 Å². The Kier molecular flexibility index (Phi) is 4.11. The van der Waals surface area contributed by atoms with Crippen LogP contribution in [0.15, 0.2) is 42.0 Å². The molecule has 0 saturated heterocycles. The van der Waals surface area contributed by atoms with Gasteiger partial charge >= 0.3 is 0 Å². The van der Waals surface area contributed by atoms with Gasteiger partial charge in [-0.05, 0) is 6.07 Å². The third kappa shape index (κ3) is 2.84. The van der Waals surface area contributed by atoms with E-state index in [1.54, 1.807) is 36.0 Å². The summed E-state index contributed by atoms with van der Waals surface area (Å²) >= 11 is 1.31. The lowest BCUT2D eigenvalue weighted by Crippen LogP contribution is -2.09. The van der Waals surface area contributed by atoms with Crippen LogP contribution in [0.4, 0.5) is 5.69 Å². The van der Waals surface area contributed by atoms with E-state index in [-0.39, 0.29) is 12.3 Å². The smallest absolute Gasteiger partial charge is 0.278 e. The summed E-state index contributed by atoms with van der Waals surface area (Å²) < 4.78 is 1.75. The van der Waals surface area contributed by atoms with E-state index in [1.807, 2.05) is 0 Å². The number of rotatable bonds is 4. The van der Waals surface area contributed by atoms with E-state index in [9.17, 15) is 10.1 Å². The van der Waals surface area contributed by atoms with Crippen LogP contribution in [0.3, 0.4) is 0 Å². The second-order valence-electron chi connectivity index (χ2n) is 4.08. The monoisotopic (exact) mass is 291 g/mol. The molecule has 7 heteroatoms. The van der Waals surface area contributed by atoms with Gasteiger partial charge in [0.25, 0.3) is 5.69 Å². The van der Waals surface area contributed by atoms with Crippen LogP contribution in [0, 0.1) is 10.1 Å². The highest BCUT2D eigenvalue weighted by Gasteiger charge is 2.14. The summed E-state index contributed by atoms with van der Waals surface area (Å²) in [6.07, 6.45) is 1.76. The van der Waals surface area contributed by atoms with Gasteiger partial charge in [0.1, 0.15) is 0 Å². The zero-order valence-electron chi connectivity index (χ0n) is 10.8. The molecule has 0 aliphatic rings. The predicted octanol–water partition coefficient (Wildman–Crippen LogP) is 2.06. The van der Waals surface area contributed by atoms with Gasteiger partial charge in [-0.15, -0.1) is 0 Å². The molecule has 0 saturated carbocycles. The third-order valence-electron chi connectivity index (χ3n) is 2.66. The first-order valence-corrected chi connectivity index (χ1v) is 6.58. The minimum Gasteiger partial charge on any atom is -0.391 e. The zero-order chi connectivity index (χ0) is 14.7. The molecule has 0 bridgehead atoms. The second kappa shape index (κ2) is 5.81. The van der Waals surface area contributed by atoms with Gasteiger partial charge in [0, 0.05) is 24.2 Å². The fourth-order valence-corrected chi connectivity index (χ4v) is 2.58. The molecule has 6 nitrogen and oxygen atoms in total. The van der Waals surface area contributed by atoms with Crippen LogP contribution in [-0.2, 0) is 13.7 Å². The van der Waals surface area contributed by atoms with Crippen LogP contribution in [0.1, 0.15) is 10.4 Å². The lowest BCUT2D eigenvalue weighted by Gasteiger charge is -2.01. The van der Waals surface area contributed by atoms with Gasteiger partial charge in [0.2, 0.25) is 0 Å². The number of aliphatic hydroxyl groups excluding tert-OH is 1. The molecule has 1 heterocycles. The molecule has 2 rings (SSSR count). The van der Waals surface area contributed by atoms with E-state index in [2.05, 4.69) is 11.6 Å². The molecule has 1 aromatic carbocycles. The van der Waals surface area contributed by atoms with Crippen LogP contribution < -0.4 is 4.80 Å². The molecule has 20 heavy (non-hydrogen) atoms. The first-order chi connectivity index (χ1) is 9.52. The summed E-state index contributed by atoms with van der Waals surface area (Å²) in [5, 5.41) is 20.1. The Bertz CT molecular complexity index is 730. The summed E-state index contributed by atoms with van der Waals surface area (Å²) in [6.45, 7) is 3.74. The van der Waals surface area contributed by atoms with E-state index >= 15 is 0 Å². The van der Waals surface area contributed by atoms with Crippen molar-refractivity contribution in [2.75, 3.05) is 0 Å². The first kappa shape index (κ1) is 14.2. The number of aryl methyl sites for hydroxylation is 1. The van der Waals surface area contributed by atoms with Crippen molar-refractivity contribution in [3.05, 3.63) is 62.4 Å². The Morgan fingerprint density at radius 2 is 2.25 bits per heavy atom. The maximum Gasteiger partial charge on any atom is 0.278 e. The Hall–Kier alpha value is -2.25. The maximum atomic E-state index is 11.0. The molecule has 0 aliphatic carbocycles. The van der Waals surface area contributed by atoms with Gasteiger partial charge in [-0.25, -0.2) is 4.99 Å². The fourth-order valence-electron chi connectivity index (χ4n) is 1.71. The molecule has 0 unspecified atom stereocenters. The summed E-state index contributed by atoms with van der Waals surface area (Å²) in [6, 6.07) is 6.34. The summed E-state index contributed by atoms with van der Waals surface area (Å²) in [5.74, 6) is 0. The summed E-state index contributed by atoms with van der Waals surface area (Å²) in [5.41, 5.74) is 0.679. The minimum atomic E-state index is -0.455. The molecule has 0 radical (unpaired) electrons. The minimum absolute atomic E-state index is 0.0251. The number of nitro groups is 1. The van der Waals surface area contributed by atoms with Gasteiger partial charge in [0.05, 0.1) is 22.8 Å². The lowest BCUT2D eigenvalue weighted by atomic mass is 10.1. The summed E-state index contributed by atoms with van der Waals surface area (Å²) in [4.78, 5) is 16.2. The largest absolute Gasteiger partial charge is 0.391 e. The van der Waals surface area contributed by atoms with Crippen molar-refractivity contribution in [3.8, 4) is 0 Å². The topological polar surface area (TPSA) is 80.7 Å². The highest BCUT2D eigenvalue weighted by atomic mass is 32.1. The normalized spacial score (nSPS) is 11.6. The third-order valence-corrected chi connectivity index (χ3v) is 3.72. The number of para-hydroxylation sites is 1. The number of thiazole rings is 1.